The van der Waals surface area contributed by atoms with E-state index in [-0.39, 0.29) is 28.2 Å². The third kappa shape index (κ3) is 3.77. The quantitative estimate of drug-likeness (QED) is 0.559. The Balaban J connectivity index is 1.71. The van der Waals surface area contributed by atoms with Crippen molar-refractivity contribution in [3.05, 3.63) is 88.0 Å². The van der Waals surface area contributed by atoms with Crippen molar-refractivity contribution in [3.63, 3.8) is 0 Å². The van der Waals surface area contributed by atoms with Gasteiger partial charge >= 0.3 is 6.18 Å². The minimum absolute atomic E-state index is 0.123. The van der Waals surface area contributed by atoms with E-state index in [9.17, 15) is 27.6 Å². The van der Waals surface area contributed by atoms with Gasteiger partial charge in [-0.3, -0.25) is 14.4 Å². The second-order valence-corrected chi connectivity index (χ2v) is 7.81. The summed E-state index contributed by atoms with van der Waals surface area (Å²) in [5.74, 6) is -1.47. The molecule has 0 spiro atoms. The number of carbonyl (C=O) groups excluding carboxylic acids is 3. The molecule has 4 rings (SSSR count). The molecule has 1 N–H and O–H groups in total. The molecule has 3 amide bonds. The van der Waals surface area contributed by atoms with E-state index in [2.05, 4.69) is 5.32 Å². The fraction of sp³-hybridized carbons (Fsp3) is 0.160. The van der Waals surface area contributed by atoms with E-state index in [0.717, 1.165) is 11.0 Å². The number of halogens is 3. The number of nitrogens with one attached hydrogen (secondary N) is 1. The summed E-state index contributed by atoms with van der Waals surface area (Å²) in [6.45, 7) is 3.08. The van der Waals surface area contributed by atoms with Crippen molar-refractivity contribution in [2.45, 2.75) is 20.0 Å². The Kier molecular flexibility index (Phi) is 5.32. The average Bonchev–Trinajstić information content (AvgIpc) is 3.02. The summed E-state index contributed by atoms with van der Waals surface area (Å²) in [7, 11) is 1.46. The summed E-state index contributed by atoms with van der Waals surface area (Å²) < 4.78 is 39.9. The number of aryl methyl sites for hydroxylation is 2. The first kappa shape index (κ1) is 22.3. The maximum absolute atomic E-state index is 13.3. The number of rotatable bonds is 3. The number of amides is 3. The van der Waals surface area contributed by atoms with Gasteiger partial charge in [0.2, 0.25) is 0 Å². The number of nitrogens with zero attached hydrogens (tertiary/aromatic N) is 1. The molecular weight excluding hydrogens is 433 g/mol. The van der Waals surface area contributed by atoms with Gasteiger partial charge in [0.25, 0.3) is 17.7 Å². The highest BCUT2D eigenvalue weighted by molar-refractivity contribution is 6.35. The maximum atomic E-state index is 13.3. The molecule has 1 aliphatic heterocycles. The number of hydrogen-bond acceptors (Lipinski definition) is 3. The molecule has 0 bridgehead atoms. The molecule has 33 heavy (non-hydrogen) atoms. The van der Waals surface area contributed by atoms with Gasteiger partial charge in [0, 0.05) is 12.6 Å². The van der Waals surface area contributed by atoms with Crippen LogP contribution in [0, 0.1) is 13.8 Å². The summed E-state index contributed by atoms with van der Waals surface area (Å²) >= 11 is 0. The molecule has 0 aliphatic carbocycles. The number of anilines is 1. The molecule has 5 nitrogen and oxygen atoms in total. The van der Waals surface area contributed by atoms with Crippen LogP contribution in [-0.4, -0.2) is 24.8 Å². The molecule has 0 saturated carbocycles. The lowest BCUT2D eigenvalue weighted by atomic mass is 9.97. The minimum Gasteiger partial charge on any atom is -0.355 e. The summed E-state index contributed by atoms with van der Waals surface area (Å²) in [5, 5.41) is 2.47. The first-order valence-electron chi connectivity index (χ1n) is 10.1. The van der Waals surface area contributed by atoms with Crippen molar-refractivity contribution in [3.8, 4) is 11.1 Å². The number of alkyl halides is 3. The van der Waals surface area contributed by atoms with Gasteiger partial charge in [-0.1, -0.05) is 18.2 Å². The van der Waals surface area contributed by atoms with Crippen LogP contribution in [0.5, 0.6) is 0 Å². The third-order valence-electron chi connectivity index (χ3n) is 5.69. The molecule has 1 heterocycles. The van der Waals surface area contributed by atoms with Crippen LogP contribution in [0.15, 0.2) is 54.6 Å². The number of imide groups is 1. The predicted molar refractivity (Wildman–Crippen MR) is 117 cm³/mol. The highest BCUT2D eigenvalue weighted by atomic mass is 19.4. The summed E-state index contributed by atoms with van der Waals surface area (Å²) in [6.07, 6.45) is -4.47. The number of benzene rings is 3. The Labute approximate surface area is 187 Å². The lowest BCUT2D eigenvalue weighted by Crippen LogP contribution is -2.30. The summed E-state index contributed by atoms with van der Waals surface area (Å²) in [6, 6.07) is 13.1. The molecule has 0 fully saturated rings. The standard InChI is InChI=1S/C25H19F3N2O3/c1-13-4-5-16(12-20(13)25(26,27)28)15-7-9-21(14(2)10-15)30-23(32)18-8-6-17(22(31)29-3)11-19(18)24(30)33/h4-12H,1-3H3,(H,29,31). The number of hydrogen-bond donors (Lipinski definition) is 1. The Bertz CT molecular complexity index is 1330. The molecule has 168 valence electrons. The van der Waals surface area contributed by atoms with Crippen molar-refractivity contribution in [2.24, 2.45) is 0 Å². The fourth-order valence-corrected chi connectivity index (χ4v) is 3.94. The van der Waals surface area contributed by atoms with Crippen LogP contribution in [0.1, 0.15) is 47.8 Å². The summed E-state index contributed by atoms with van der Waals surface area (Å²) in [5.41, 5.74) is 1.75. The van der Waals surface area contributed by atoms with Gasteiger partial charge in [-0.2, -0.15) is 13.2 Å². The number of fused-ring (bicyclic) bond motifs is 1. The zero-order valence-corrected chi connectivity index (χ0v) is 18.0. The van der Waals surface area contributed by atoms with Gasteiger partial charge in [-0.15, -0.1) is 0 Å². The van der Waals surface area contributed by atoms with Gasteiger partial charge in [-0.05, 0) is 72.5 Å². The van der Waals surface area contributed by atoms with Gasteiger partial charge < -0.3 is 5.32 Å². The fourth-order valence-electron chi connectivity index (χ4n) is 3.94. The second-order valence-electron chi connectivity index (χ2n) is 7.81. The topological polar surface area (TPSA) is 66.5 Å². The second kappa shape index (κ2) is 7.88. The normalized spacial score (nSPS) is 13.3. The molecule has 0 atom stereocenters. The molecule has 0 unspecified atom stereocenters. The van der Waals surface area contributed by atoms with E-state index in [1.165, 1.54) is 38.2 Å². The molecular formula is C25H19F3N2O3. The molecule has 8 heteroatoms. The summed E-state index contributed by atoms with van der Waals surface area (Å²) in [4.78, 5) is 38.9. The van der Waals surface area contributed by atoms with Crippen molar-refractivity contribution in [1.82, 2.24) is 5.32 Å². The lowest BCUT2D eigenvalue weighted by Gasteiger charge is -2.18. The van der Waals surface area contributed by atoms with Crippen LogP contribution in [-0.2, 0) is 6.18 Å². The Morgan fingerprint density at radius 2 is 1.45 bits per heavy atom. The predicted octanol–water partition coefficient (Wildman–Crippen LogP) is 5.15. The molecule has 3 aromatic rings. The van der Waals surface area contributed by atoms with Gasteiger partial charge in [0.15, 0.2) is 0 Å². The molecule has 1 aliphatic rings. The van der Waals surface area contributed by atoms with Crippen molar-refractivity contribution >= 4 is 23.4 Å². The van der Waals surface area contributed by atoms with Gasteiger partial charge in [0.05, 0.1) is 22.4 Å². The number of carbonyl (C=O) groups is 3. The monoisotopic (exact) mass is 452 g/mol. The zero-order chi connectivity index (χ0) is 24.1. The highest BCUT2D eigenvalue weighted by Gasteiger charge is 2.38. The van der Waals surface area contributed by atoms with Crippen LogP contribution >= 0.6 is 0 Å². The van der Waals surface area contributed by atoms with E-state index >= 15 is 0 Å². The lowest BCUT2D eigenvalue weighted by molar-refractivity contribution is -0.138. The van der Waals surface area contributed by atoms with E-state index in [4.69, 9.17) is 0 Å². The van der Waals surface area contributed by atoms with E-state index in [1.807, 2.05) is 0 Å². The van der Waals surface area contributed by atoms with E-state index in [0.29, 0.717) is 22.4 Å². The molecule has 0 saturated heterocycles. The van der Waals surface area contributed by atoms with E-state index in [1.54, 1.807) is 31.2 Å². The van der Waals surface area contributed by atoms with Gasteiger partial charge in [-0.25, -0.2) is 4.90 Å². The smallest absolute Gasteiger partial charge is 0.355 e. The van der Waals surface area contributed by atoms with Crippen LogP contribution in [0.2, 0.25) is 0 Å². The highest BCUT2D eigenvalue weighted by Crippen LogP contribution is 2.37. The molecule has 0 radical (unpaired) electrons. The zero-order valence-electron chi connectivity index (χ0n) is 18.0. The third-order valence-corrected chi connectivity index (χ3v) is 5.69. The van der Waals surface area contributed by atoms with Crippen LogP contribution in [0.25, 0.3) is 11.1 Å². The molecule has 3 aromatic carbocycles. The van der Waals surface area contributed by atoms with Gasteiger partial charge in [0.1, 0.15) is 0 Å². The Hall–Kier alpha value is -3.94. The van der Waals surface area contributed by atoms with Crippen LogP contribution in [0.4, 0.5) is 18.9 Å². The van der Waals surface area contributed by atoms with E-state index < -0.39 is 23.6 Å². The average molecular weight is 452 g/mol. The Morgan fingerprint density at radius 3 is 2.09 bits per heavy atom. The van der Waals surface area contributed by atoms with Crippen LogP contribution < -0.4 is 10.2 Å². The molecule has 0 aromatic heterocycles. The van der Waals surface area contributed by atoms with Crippen LogP contribution in [0.3, 0.4) is 0 Å². The van der Waals surface area contributed by atoms with Crippen molar-refractivity contribution in [1.29, 1.82) is 0 Å². The first-order chi connectivity index (χ1) is 15.5. The first-order valence-corrected chi connectivity index (χ1v) is 10.1. The maximum Gasteiger partial charge on any atom is 0.416 e. The van der Waals surface area contributed by atoms with Crippen molar-refractivity contribution in [2.75, 3.05) is 11.9 Å². The Morgan fingerprint density at radius 1 is 0.818 bits per heavy atom. The van der Waals surface area contributed by atoms with Crippen molar-refractivity contribution < 1.29 is 27.6 Å². The largest absolute Gasteiger partial charge is 0.416 e. The minimum atomic E-state index is -4.47. The SMILES string of the molecule is CNC(=O)c1ccc2c(c1)C(=O)N(c1ccc(-c3ccc(C)c(C(F)(F)F)c3)cc1C)C2=O.